The van der Waals surface area contributed by atoms with Crippen LogP contribution in [-0.2, 0) is 11.3 Å². The first-order chi connectivity index (χ1) is 13.1. The van der Waals surface area contributed by atoms with Gasteiger partial charge in [0.05, 0.1) is 17.7 Å². The van der Waals surface area contributed by atoms with Gasteiger partial charge in [0.2, 0.25) is 0 Å². The summed E-state index contributed by atoms with van der Waals surface area (Å²) in [6, 6.07) is 12.4. The Morgan fingerprint density at radius 3 is 2.67 bits per heavy atom. The van der Waals surface area contributed by atoms with E-state index in [4.69, 9.17) is 4.74 Å². The molecule has 2 atom stereocenters. The maximum atomic E-state index is 5.80. The van der Waals surface area contributed by atoms with Gasteiger partial charge in [-0.2, -0.15) is 0 Å². The number of halogens is 1. The molecular weight excluding hydrogens is 404 g/mol. The summed E-state index contributed by atoms with van der Waals surface area (Å²) < 4.78 is 6.81. The van der Waals surface area contributed by atoms with Crippen LogP contribution in [0.5, 0.6) is 0 Å². The Labute approximate surface area is 167 Å². The van der Waals surface area contributed by atoms with Crippen LogP contribution in [0.25, 0.3) is 10.9 Å². The molecule has 1 saturated heterocycles. The fourth-order valence-corrected chi connectivity index (χ4v) is 4.03. The first kappa shape index (κ1) is 18.2. The fraction of sp³-hybridized carbons (Fsp3) is 0.333. The highest BCUT2D eigenvalue weighted by atomic mass is 79.9. The van der Waals surface area contributed by atoms with Gasteiger partial charge in [-0.05, 0) is 53.5 Å². The minimum Gasteiger partial charge on any atom is -0.380 e. The molecule has 140 valence electrons. The van der Waals surface area contributed by atoms with Crippen LogP contribution in [0.1, 0.15) is 19.4 Å². The molecular formula is C21H23BrN4O. The number of morpholine rings is 1. The van der Waals surface area contributed by atoms with Gasteiger partial charge in [-0.1, -0.05) is 18.2 Å². The van der Waals surface area contributed by atoms with Crippen molar-refractivity contribution in [3.05, 3.63) is 58.8 Å². The molecule has 1 N–H and O–H groups in total. The second-order valence-corrected chi connectivity index (χ2v) is 7.89. The molecule has 0 saturated carbocycles. The number of benzene rings is 1. The monoisotopic (exact) mass is 426 g/mol. The molecule has 0 aliphatic carbocycles. The first-order valence-electron chi connectivity index (χ1n) is 9.22. The largest absolute Gasteiger partial charge is 0.380 e. The Kier molecular flexibility index (Phi) is 5.27. The second kappa shape index (κ2) is 7.82. The zero-order valence-electron chi connectivity index (χ0n) is 15.5. The van der Waals surface area contributed by atoms with Gasteiger partial charge < -0.3 is 15.0 Å². The molecule has 0 spiro atoms. The Bertz CT molecular complexity index is 921. The van der Waals surface area contributed by atoms with Crippen LogP contribution in [0.2, 0.25) is 0 Å². The predicted molar refractivity (Wildman–Crippen MR) is 113 cm³/mol. The van der Waals surface area contributed by atoms with Crippen molar-refractivity contribution in [2.75, 3.05) is 23.3 Å². The molecule has 1 aromatic carbocycles. The third kappa shape index (κ3) is 4.06. The van der Waals surface area contributed by atoms with E-state index < -0.39 is 0 Å². The van der Waals surface area contributed by atoms with Crippen LogP contribution in [0.4, 0.5) is 11.5 Å². The molecule has 4 rings (SSSR count). The van der Waals surface area contributed by atoms with Crippen molar-refractivity contribution in [3.63, 3.8) is 0 Å². The van der Waals surface area contributed by atoms with E-state index in [1.807, 2.05) is 30.6 Å². The van der Waals surface area contributed by atoms with E-state index in [-0.39, 0.29) is 12.2 Å². The number of fused-ring (bicyclic) bond motifs is 1. The van der Waals surface area contributed by atoms with E-state index in [2.05, 4.69) is 68.2 Å². The topological polar surface area (TPSA) is 50.3 Å². The second-order valence-electron chi connectivity index (χ2n) is 7.04. The molecule has 0 bridgehead atoms. The van der Waals surface area contributed by atoms with Crippen LogP contribution in [0.15, 0.2) is 53.3 Å². The molecule has 0 amide bonds. The van der Waals surface area contributed by atoms with Gasteiger partial charge in [-0.3, -0.25) is 4.98 Å². The average Bonchev–Trinajstić information content (AvgIpc) is 2.66. The molecule has 2 unspecified atom stereocenters. The third-order valence-corrected chi connectivity index (χ3v) is 5.40. The van der Waals surface area contributed by atoms with Crippen LogP contribution in [0, 0.1) is 0 Å². The van der Waals surface area contributed by atoms with E-state index in [0.717, 1.165) is 52.1 Å². The van der Waals surface area contributed by atoms with E-state index in [0.29, 0.717) is 0 Å². The normalized spacial score (nSPS) is 20.0. The van der Waals surface area contributed by atoms with Crippen molar-refractivity contribution >= 4 is 38.3 Å². The molecule has 0 radical (unpaired) electrons. The number of nitrogens with one attached hydrogen (secondary N) is 1. The van der Waals surface area contributed by atoms with Crippen molar-refractivity contribution in [3.8, 4) is 0 Å². The van der Waals surface area contributed by atoms with Gasteiger partial charge in [-0.15, -0.1) is 0 Å². The summed E-state index contributed by atoms with van der Waals surface area (Å²) in [5.74, 6) is 1.01. The molecule has 3 heterocycles. The number of anilines is 2. The minimum absolute atomic E-state index is 0.233. The average molecular weight is 427 g/mol. The van der Waals surface area contributed by atoms with Gasteiger partial charge in [-0.25, -0.2) is 4.98 Å². The Morgan fingerprint density at radius 2 is 1.93 bits per heavy atom. The lowest BCUT2D eigenvalue weighted by Crippen LogP contribution is -2.45. The highest BCUT2D eigenvalue weighted by Crippen LogP contribution is 2.27. The number of rotatable bonds is 4. The molecule has 1 aliphatic rings. The third-order valence-electron chi connectivity index (χ3n) is 4.76. The van der Waals surface area contributed by atoms with Crippen molar-refractivity contribution in [1.29, 1.82) is 0 Å². The van der Waals surface area contributed by atoms with Crippen molar-refractivity contribution in [1.82, 2.24) is 9.97 Å². The standard InChI is InChI=1S/C21H23BrN4O/c1-14-12-26(13-15(2)27-14)20-7-6-16(11-25-20)10-24-19-8-9-23-21-17(19)4-3-5-18(21)22/h3-9,11,14-15H,10,12-13H2,1-2H3,(H,23,24). The lowest BCUT2D eigenvalue weighted by molar-refractivity contribution is -0.00545. The molecule has 27 heavy (non-hydrogen) atoms. The Balaban J connectivity index is 1.46. The van der Waals surface area contributed by atoms with E-state index in [1.165, 1.54) is 0 Å². The molecule has 3 aromatic rings. The Morgan fingerprint density at radius 1 is 1.11 bits per heavy atom. The van der Waals surface area contributed by atoms with Crippen LogP contribution < -0.4 is 10.2 Å². The van der Waals surface area contributed by atoms with E-state index in [9.17, 15) is 0 Å². The molecule has 6 heteroatoms. The lowest BCUT2D eigenvalue weighted by Gasteiger charge is -2.36. The van der Waals surface area contributed by atoms with Gasteiger partial charge in [0.1, 0.15) is 5.82 Å². The number of hydrogen-bond acceptors (Lipinski definition) is 5. The van der Waals surface area contributed by atoms with Gasteiger partial charge in [0, 0.05) is 47.6 Å². The van der Waals surface area contributed by atoms with Crippen molar-refractivity contribution in [2.24, 2.45) is 0 Å². The summed E-state index contributed by atoms with van der Waals surface area (Å²) in [5.41, 5.74) is 3.18. The van der Waals surface area contributed by atoms with E-state index in [1.54, 1.807) is 0 Å². The van der Waals surface area contributed by atoms with Crippen LogP contribution >= 0.6 is 15.9 Å². The summed E-state index contributed by atoms with van der Waals surface area (Å²) >= 11 is 3.57. The number of ether oxygens (including phenoxy) is 1. The summed E-state index contributed by atoms with van der Waals surface area (Å²) in [7, 11) is 0. The fourth-order valence-electron chi connectivity index (χ4n) is 3.56. The summed E-state index contributed by atoms with van der Waals surface area (Å²) in [6.07, 6.45) is 4.25. The van der Waals surface area contributed by atoms with E-state index >= 15 is 0 Å². The molecule has 5 nitrogen and oxygen atoms in total. The zero-order valence-corrected chi connectivity index (χ0v) is 17.1. The quantitative estimate of drug-likeness (QED) is 0.659. The SMILES string of the molecule is CC1CN(c2ccc(CNc3ccnc4c(Br)cccc34)cn2)CC(C)O1. The smallest absolute Gasteiger partial charge is 0.128 e. The summed E-state index contributed by atoms with van der Waals surface area (Å²) in [6.45, 7) is 6.70. The maximum absolute atomic E-state index is 5.80. The number of hydrogen-bond donors (Lipinski definition) is 1. The van der Waals surface area contributed by atoms with Gasteiger partial charge >= 0.3 is 0 Å². The first-order valence-corrected chi connectivity index (χ1v) is 10.0. The maximum Gasteiger partial charge on any atom is 0.128 e. The lowest BCUT2D eigenvalue weighted by atomic mass is 10.2. The number of para-hydroxylation sites is 1. The van der Waals surface area contributed by atoms with Crippen LogP contribution in [-0.4, -0.2) is 35.3 Å². The summed E-state index contributed by atoms with van der Waals surface area (Å²) in [5, 5.41) is 4.61. The van der Waals surface area contributed by atoms with Crippen molar-refractivity contribution in [2.45, 2.75) is 32.6 Å². The van der Waals surface area contributed by atoms with Gasteiger partial charge in [0.25, 0.3) is 0 Å². The highest BCUT2D eigenvalue weighted by molar-refractivity contribution is 9.10. The Hall–Kier alpha value is -2.18. The predicted octanol–water partition coefficient (Wildman–Crippen LogP) is 4.62. The number of aromatic nitrogens is 2. The number of pyridine rings is 2. The summed E-state index contributed by atoms with van der Waals surface area (Å²) in [4.78, 5) is 11.4. The highest BCUT2D eigenvalue weighted by Gasteiger charge is 2.22. The molecule has 1 aliphatic heterocycles. The van der Waals surface area contributed by atoms with Gasteiger partial charge in [0.15, 0.2) is 0 Å². The van der Waals surface area contributed by atoms with Crippen LogP contribution in [0.3, 0.4) is 0 Å². The number of nitrogens with zero attached hydrogens (tertiary/aromatic N) is 3. The minimum atomic E-state index is 0.233. The van der Waals surface area contributed by atoms with Crippen molar-refractivity contribution < 1.29 is 4.74 Å². The molecule has 2 aromatic heterocycles. The molecule has 1 fully saturated rings. The zero-order chi connectivity index (χ0) is 18.8.